The number of nitrogens with one attached hydrogen (secondary N) is 2. The van der Waals surface area contributed by atoms with Crippen molar-refractivity contribution in [3.05, 3.63) is 42.0 Å². The maximum Gasteiger partial charge on any atom is 0.255 e. The van der Waals surface area contributed by atoms with Gasteiger partial charge in [-0.3, -0.25) is 4.79 Å². The molecule has 2 N–H and O–H groups in total. The lowest BCUT2D eigenvalue weighted by atomic mass is 10.1. The number of hydrogen-bond donors (Lipinski definition) is 2. The predicted molar refractivity (Wildman–Crippen MR) is 124 cm³/mol. The molecule has 0 radical (unpaired) electrons. The van der Waals surface area contributed by atoms with Gasteiger partial charge in [0.25, 0.3) is 5.91 Å². The minimum atomic E-state index is -3.66. The van der Waals surface area contributed by atoms with E-state index in [9.17, 15) is 13.2 Å². The fraction of sp³-hybridized carbons (Fsp3) is 0.435. The van der Waals surface area contributed by atoms with Crippen LogP contribution in [0.1, 0.15) is 51.9 Å². The highest BCUT2D eigenvalue weighted by molar-refractivity contribution is 7.89. The Morgan fingerprint density at radius 2 is 1.38 bits per heavy atom. The first-order valence-corrected chi connectivity index (χ1v) is 12.0. The molecule has 0 atom stereocenters. The highest BCUT2D eigenvalue weighted by atomic mass is 32.2. The summed E-state index contributed by atoms with van der Waals surface area (Å²) in [6.45, 7) is 12.1. The Balaban J connectivity index is 2.28. The van der Waals surface area contributed by atoms with Gasteiger partial charge < -0.3 is 19.5 Å². The summed E-state index contributed by atoms with van der Waals surface area (Å²) in [4.78, 5) is 13.0. The van der Waals surface area contributed by atoms with Crippen molar-refractivity contribution in [1.82, 2.24) is 4.72 Å². The molecule has 0 fully saturated rings. The van der Waals surface area contributed by atoms with E-state index in [1.807, 2.05) is 20.8 Å². The second kappa shape index (κ2) is 10.7. The molecular weight excluding hydrogens is 432 g/mol. The number of anilines is 1. The fourth-order valence-corrected chi connectivity index (χ4v) is 4.32. The first kappa shape index (κ1) is 25.5. The van der Waals surface area contributed by atoms with E-state index in [0.717, 1.165) is 0 Å². The molecule has 8 nitrogen and oxygen atoms in total. The molecule has 0 unspecified atom stereocenters. The van der Waals surface area contributed by atoms with Crippen LogP contribution in [-0.4, -0.2) is 39.7 Å². The molecule has 0 aliphatic heterocycles. The van der Waals surface area contributed by atoms with Gasteiger partial charge in [-0.1, -0.05) is 0 Å². The number of rotatable bonds is 10. The molecule has 2 aromatic rings. The van der Waals surface area contributed by atoms with Gasteiger partial charge in [-0.25, -0.2) is 13.1 Å². The van der Waals surface area contributed by atoms with Gasteiger partial charge in [-0.15, -0.1) is 0 Å². The molecule has 176 valence electrons. The maximum absolute atomic E-state index is 12.9. The van der Waals surface area contributed by atoms with Crippen LogP contribution in [0.5, 0.6) is 17.2 Å². The zero-order valence-corrected chi connectivity index (χ0v) is 20.3. The second-order valence-corrected chi connectivity index (χ2v) is 9.62. The van der Waals surface area contributed by atoms with Crippen molar-refractivity contribution < 1.29 is 27.4 Å². The molecule has 0 spiro atoms. The standard InChI is InChI=1S/C23H32N2O6S/c1-7-29-19-14-16(15-20(30-8-2)21(19)31-9-3)22(26)24-17-10-12-18(13-11-17)32(27,28)25-23(4,5)6/h10-15,25H,7-9H2,1-6H3,(H,24,26). The lowest BCUT2D eigenvalue weighted by molar-refractivity contribution is 0.102. The first-order valence-electron chi connectivity index (χ1n) is 10.5. The van der Waals surface area contributed by atoms with Gasteiger partial charge in [-0.05, 0) is 77.9 Å². The molecule has 1 amide bonds. The van der Waals surface area contributed by atoms with Gasteiger partial charge in [0.05, 0.1) is 24.7 Å². The number of carbonyl (C=O) groups excluding carboxylic acids is 1. The highest BCUT2D eigenvalue weighted by Crippen LogP contribution is 2.39. The minimum absolute atomic E-state index is 0.115. The molecule has 0 bridgehead atoms. The average molecular weight is 465 g/mol. The van der Waals surface area contributed by atoms with Crippen molar-refractivity contribution >= 4 is 21.6 Å². The smallest absolute Gasteiger partial charge is 0.255 e. The fourth-order valence-electron chi connectivity index (χ4n) is 2.90. The number of amides is 1. The van der Waals surface area contributed by atoms with Gasteiger partial charge in [0.2, 0.25) is 15.8 Å². The molecule has 2 aromatic carbocycles. The number of benzene rings is 2. The molecular formula is C23H32N2O6S. The van der Waals surface area contributed by atoms with E-state index in [0.29, 0.717) is 48.3 Å². The normalized spacial score (nSPS) is 11.7. The number of carbonyl (C=O) groups is 1. The Labute approximate surface area is 190 Å². The SMILES string of the molecule is CCOc1cc(C(=O)Nc2ccc(S(=O)(=O)NC(C)(C)C)cc2)cc(OCC)c1OCC. The van der Waals surface area contributed by atoms with E-state index in [1.54, 1.807) is 32.9 Å². The van der Waals surface area contributed by atoms with Crippen LogP contribution < -0.4 is 24.2 Å². The monoisotopic (exact) mass is 464 g/mol. The Hall–Kier alpha value is -2.78. The molecule has 0 aromatic heterocycles. The number of sulfonamides is 1. The summed E-state index contributed by atoms with van der Waals surface area (Å²) in [6, 6.07) is 9.16. The lowest BCUT2D eigenvalue weighted by Crippen LogP contribution is -2.40. The summed E-state index contributed by atoms with van der Waals surface area (Å²) >= 11 is 0. The molecule has 0 heterocycles. The van der Waals surface area contributed by atoms with Crippen molar-refractivity contribution in [2.45, 2.75) is 52.0 Å². The molecule has 0 saturated heterocycles. The van der Waals surface area contributed by atoms with Crippen LogP contribution >= 0.6 is 0 Å². The molecule has 32 heavy (non-hydrogen) atoms. The summed E-state index contributed by atoms with van der Waals surface area (Å²) in [6.07, 6.45) is 0. The van der Waals surface area contributed by atoms with Crippen LogP contribution in [0.25, 0.3) is 0 Å². The zero-order chi connectivity index (χ0) is 23.9. The van der Waals surface area contributed by atoms with Gasteiger partial charge in [0.15, 0.2) is 11.5 Å². The van der Waals surface area contributed by atoms with E-state index in [-0.39, 0.29) is 4.90 Å². The molecule has 9 heteroatoms. The third kappa shape index (κ3) is 6.86. The van der Waals surface area contributed by atoms with Crippen molar-refractivity contribution in [2.75, 3.05) is 25.1 Å². The molecule has 0 saturated carbocycles. The van der Waals surface area contributed by atoms with E-state index < -0.39 is 21.5 Å². The summed E-state index contributed by atoms with van der Waals surface area (Å²) in [5.41, 5.74) is 0.177. The van der Waals surface area contributed by atoms with Crippen LogP contribution in [0, 0.1) is 0 Å². The van der Waals surface area contributed by atoms with Crippen molar-refractivity contribution in [1.29, 1.82) is 0 Å². The first-order chi connectivity index (χ1) is 15.0. The third-order valence-electron chi connectivity index (χ3n) is 4.03. The summed E-state index contributed by atoms with van der Waals surface area (Å²) < 4.78 is 44.5. The second-order valence-electron chi connectivity index (χ2n) is 7.93. The van der Waals surface area contributed by atoms with Crippen molar-refractivity contribution in [3.8, 4) is 17.2 Å². The van der Waals surface area contributed by atoms with Crippen LogP contribution in [0.4, 0.5) is 5.69 Å². The van der Waals surface area contributed by atoms with Crippen molar-refractivity contribution in [3.63, 3.8) is 0 Å². The number of ether oxygens (including phenoxy) is 3. The van der Waals surface area contributed by atoms with Gasteiger partial charge in [0, 0.05) is 16.8 Å². The van der Waals surface area contributed by atoms with Crippen LogP contribution in [0.2, 0.25) is 0 Å². The largest absolute Gasteiger partial charge is 0.490 e. The predicted octanol–water partition coefficient (Wildman–Crippen LogP) is 4.21. The van der Waals surface area contributed by atoms with E-state index in [2.05, 4.69) is 10.0 Å². The summed E-state index contributed by atoms with van der Waals surface area (Å²) in [7, 11) is -3.66. The third-order valence-corrected chi connectivity index (χ3v) is 5.81. The van der Waals surface area contributed by atoms with Gasteiger partial charge in [-0.2, -0.15) is 0 Å². The van der Waals surface area contributed by atoms with Crippen LogP contribution in [0.15, 0.2) is 41.3 Å². The Kier molecular flexibility index (Phi) is 8.51. The van der Waals surface area contributed by atoms with E-state index in [4.69, 9.17) is 14.2 Å². The van der Waals surface area contributed by atoms with Crippen LogP contribution in [-0.2, 0) is 10.0 Å². The Morgan fingerprint density at radius 3 is 1.81 bits per heavy atom. The number of hydrogen-bond acceptors (Lipinski definition) is 6. The summed E-state index contributed by atoms with van der Waals surface area (Å²) in [5.74, 6) is 0.896. The Morgan fingerprint density at radius 1 is 0.875 bits per heavy atom. The topological polar surface area (TPSA) is 103 Å². The highest BCUT2D eigenvalue weighted by Gasteiger charge is 2.22. The quantitative estimate of drug-likeness (QED) is 0.546. The molecule has 0 aliphatic carbocycles. The average Bonchev–Trinajstić information content (AvgIpc) is 2.69. The minimum Gasteiger partial charge on any atom is -0.490 e. The molecule has 0 aliphatic rings. The van der Waals surface area contributed by atoms with Gasteiger partial charge >= 0.3 is 0 Å². The lowest BCUT2D eigenvalue weighted by Gasteiger charge is -2.20. The van der Waals surface area contributed by atoms with Crippen LogP contribution in [0.3, 0.4) is 0 Å². The van der Waals surface area contributed by atoms with E-state index in [1.165, 1.54) is 24.3 Å². The zero-order valence-electron chi connectivity index (χ0n) is 19.4. The van der Waals surface area contributed by atoms with E-state index >= 15 is 0 Å². The molecule has 2 rings (SSSR count). The van der Waals surface area contributed by atoms with Gasteiger partial charge in [0.1, 0.15) is 0 Å². The summed E-state index contributed by atoms with van der Waals surface area (Å²) in [5, 5.41) is 2.77. The Bertz CT molecular complexity index is 1000. The van der Waals surface area contributed by atoms with Crippen molar-refractivity contribution in [2.24, 2.45) is 0 Å². The maximum atomic E-state index is 12.9.